The standard InChI is InChI=1S/C21H28F3N5O.HI/c1-14-8-9-15(18(10-14)30-17-6-4-5-7-17)11-26-20(25-2)27-12-16-13-29(3)28-19(16)21(22,23)24;/h8-10,13,17H,4-7,11-12H2,1-3H3,(H2,25,26,27);1H. The van der Waals surface area contributed by atoms with Crippen molar-refractivity contribution in [2.45, 2.75) is 58.0 Å². The number of aliphatic imine (C=N–C) groups is 1. The minimum Gasteiger partial charge on any atom is -0.490 e. The topological polar surface area (TPSA) is 63.5 Å². The fraction of sp³-hybridized carbons (Fsp3) is 0.524. The highest BCUT2D eigenvalue weighted by Gasteiger charge is 2.36. The van der Waals surface area contributed by atoms with Crippen LogP contribution in [0, 0.1) is 6.92 Å². The number of guanidine groups is 1. The van der Waals surface area contributed by atoms with Crippen LogP contribution in [-0.2, 0) is 26.3 Å². The van der Waals surface area contributed by atoms with Gasteiger partial charge in [0.2, 0.25) is 0 Å². The molecule has 2 aromatic rings. The van der Waals surface area contributed by atoms with Crippen molar-refractivity contribution in [3.05, 3.63) is 46.8 Å². The highest BCUT2D eigenvalue weighted by Crippen LogP contribution is 2.30. The fourth-order valence-electron chi connectivity index (χ4n) is 3.59. The maximum Gasteiger partial charge on any atom is 0.435 e. The van der Waals surface area contributed by atoms with E-state index in [0.717, 1.165) is 34.4 Å². The highest BCUT2D eigenvalue weighted by atomic mass is 127. The predicted molar refractivity (Wildman–Crippen MR) is 125 cm³/mol. The Morgan fingerprint density at radius 1 is 1.19 bits per heavy atom. The molecule has 0 bridgehead atoms. The van der Waals surface area contributed by atoms with Gasteiger partial charge in [-0.2, -0.15) is 18.3 Å². The van der Waals surface area contributed by atoms with Crippen LogP contribution in [0.2, 0.25) is 0 Å². The van der Waals surface area contributed by atoms with E-state index in [9.17, 15) is 13.2 Å². The Morgan fingerprint density at radius 3 is 2.45 bits per heavy atom. The quantitative estimate of drug-likeness (QED) is 0.314. The van der Waals surface area contributed by atoms with Crippen molar-refractivity contribution in [1.29, 1.82) is 0 Å². The van der Waals surface area contributed by atoms with Crippen molar-refractivity contribution < 1.29 is 17.9 Å². The third-order valence-electron chi connectivity index (χ3n) is 5.11. The van der Waals surface area contributed by atoms with Crippen LogP contribution in [0.4, 0.5) is 13.2 Å². The number of halogens is 4. The third kappa shape index (κ3) is 7.01. The molecule has 1 aromatic heterocycles. The zero-order chi connectivity index (χ0) is 21.7. The molecule has 0 saturated heterocycles. The molecule has 31 heavy (non-hydrogen) atoms. The first-order chi connectivity index (χ1) is 14.3. The molecule has 3 rings (SSSR count). The minimum atomic E-state index is -4.50. The normalized spacial score (nSPS) is 15.0. The molecule has 2 N–H and O–H groups in total. The fourth-order valence-corrected chi connectivity index (χ4v) is 3.59. The Balaban J connectivity index is 0.00000341. The van der Waals surface area contributed by atoms with Crippen LogP contribution in [0.25, 0.3) is 0 Å². The van der Waals surface area contributed by atoms with Gasteiger partial charge in [0.05, 0.1) is 6.10 Å². The summed E-state index contributed by atoms with van der Waals surface area (Å²) in [6, 6.07) is 6.04. The van der Waals surface area contributed by atoms with Gasteiger partial charge in [-0.3, -0.25) is 9.67 Å². The van der Waals surface area contributed by atoms with Crippen LogP contribution in [0.1, 0.15) is 48.1 Å². The first-order valence-electron chi connectivity index (χ1n) is 10.1. The first-order valence-corrected chi connectivity index (χ1v) is 10.1. The lowest BCUT2D eigenvalue weighted by Crippen LogP contribution is -2.36. The highest BCUT2D eigenvalue weighted by molar-refractivity contribution is 14.0. The average molecular weight is 551 g/mol. The summed E-state index contributed by atoms with van der Waals surface area (Å²) in [5, 5.41) is 9.61. The third-order valence-corrected chi connectivity index (χ3v) is 5.11. The lowest BCUT2D eigenvalue weighted by atomic mass is 10.1. The Labute approximate surface area is 197 Å². The summed E-state index contributed by atoms with van der Waals surface area (Å²) in [6.07, 6.45) is 1.62. The number of aromatic nitrogens is 2. The van der Waals surface area contributed by atoms with Crippen LogP contribution >= 0.6 is 24.0 Å². The van der Waals surface area contributed by atoms with Crippen molar-refractivity contribution in [3.8, 4) is 5.75 Å². The zero-order valence-corrected chi connectivity index (χ0v) is 20.3. The second-order valence-corrected chi connectivity index (χ2v) is 7.59. The molecule has 1 aliphatic carbocycles. The van der Waals surface area contributed by atoms with Crippen molar-refractivity contribution in [3.63, 3.8) is 0 Å². The van der Waals surface area contributed by atoms with E-state index in [2.05, 4.69) is 20.7 Å². The number of nitrogens with one attached hydrogen (secondary N) is 2. The van der Waals surface area contributed by atoms with Gasteiger partial charge in [-0.15, -0.1) is 24.0 Å². The summed E-state index contributed by atoms with van der Waals surface area (Å²) in [6.45, 7) is 2.42. The van der Waals surface area contributed by atoms with E-state index in [1.54, 1.807) is 7.05 Å². The predicted octanol–water partition coefficient (Wildman–Crippen LogP) is 4.55. The summed E-state index contributed by atoms with van der Waals surface area (Å²) in [4.78, 5) is 4.11. The molecular weight excluding hydrogens is 522 g/mol. The first kappa shape index (κ1) is 25.3. The molecule has 10 heteroatoms. The van der Waals surface area contributed by atoms with E-state index in [4.69, 9.17) is 4.74 Å². The van der Waals surface area contributed by atoms with Gasteiger partial charge < -0.3 is 15.4 Å². The molecule has 0 aliphatic heterocycles. The van der Waals surface area contributed by atoms with Gasteiger partial charge in [-0.1, -0.05) is 12.1 Å². The molecular formula is C21H29F3IN5O. The van der Waals surface area contributed by atoms with E-state index in [1.807, 2.05) is 25.1 Å². The van der Waals surface area contributed by atoms with Gasteiger partial charge in [-0.05, 0) is 44.2 Å². The molecule has 0 atom stereocenters. The van der Waals surface area contributed by atoms with Crippen LogP contribution in [0.15, 0.2) is 29.4 Å². The second-order valence-electron chi connectivity index (χ2n) is 7.59. The number of aryl methyl sites for hydroxylation is 2. The smallest absolute Gasteiger partial charge is 0.435 e. The van der Waals surface area contributed by atoms with Crippen LogP contribution in [0.3, 0.4) is 0 Å². The Bertz CT molecular complexity index is 892. The van der Waals surface area contributed by atoms with E-state index < -0.39 is 11.9 Å². The van der Waals surface area contributed by atoms with Gasteiger partial charge in [0.25, 0.3) is 0 Å². The van der Waals surface area contributed by atoms with E-state index in [1.165, 1.54) is 26.1 Å². The lowest BCUT2D eigenvalue weighted by Gasteiger charge is -2.18. The largest absolute Gasteiger partial charge is 0.490 e. The lowest BCUT2D eigenvalue weighted by molar-refractivity contribution is -0.142. The molecule has 0 radical (unpaired) electrons. The monoisotopic (exact) mass is 551 g/mol. The van der Waals surface area contributed by atoms with Crippen molar-refractivity contribution in [2.24, 2.45) is 12.0 Å². The number of hydrogen-bond acceptors (Lipinski definition) is 3. The molecule has 1 saturated carbocycles. The van der Waals surface area contributed by atoms with Gasteiger partial charge in [-0.25, -0.2) is 0 Å². The molecule has 1 aliphatic rings. The summed E-state index contributed by atoms with van der Waals surface area (Å²) in [5.74, 6) is 1.25. The maximum atomic E-state index is 13.1. The number of rotatable bonds is 6. The molecule has 1 fully saturated rings. The summed E-state index contributed by atoms with van der Waals surface area (Å²) >= 11 is 0. The molecule has 0 amide bonds. The second kappa shape index (κ2) is 11.1. The Morgan fingerprint density at radius 2 is 1.84 bits per heavy atom. The number of nitrogens with zero attached hydrogens (tertiary/aromatic N) is 3. The molecule has 0 unspecified atom stereocenters. The van der Waals surface area contributed by atoms with Gasteiger partial charge in [0, 0.05) is 44.5 Å². The SMILES string of the molecule is CN=C(NCc1ccc(C)cc1OC1CCCC1)NCc1cn(C)nc1C(F)(F)F.I. The number of ether oxygens (including phenoxy) is 1. The summed E-state index contributed by atoms with van der Waals surface area (Å²) < 4.78 is 46.7. The van der Waals surface area contributed by atoms with Crippen LogP contribution in [0.5, 0.6) is 5.75 Å². The number of hydrogen-bond donors (Lipinski definition) is 2. The number of alkyl halides is 3. The average Bonchev–Trinajstić information content (AvgIpc) is 3.32. The van der Waals surface area contributed by atoms with E-state index in [-0.39, 0.29) is 42.2 Å². The van der Waals surface area contributed by atoms with Crippen molar-refractivity contribution in [1.82, 2.24) is 20.4 Å². The summed E-state index contributed by atoms with van der Waals surface area (Å²) in [7, 11) is 3.05. The van der Waals surface area contributed by atoms with Gasteiger partial charge >= 0.3 is 6.18 Å². The molecule has 6 nitrogen and oxygen atoms in total. The van der Waals surface area contributed by atoms with E-state index >= 15 is 0 Å². The molecule has 1 heterocycles. The molecule has 1 aromatic carbocycles. The maximum absolute atomic E-state index is 13.1. The summed E-state index contributed by atoms with van der Waals surface area (Å²) in [5.41, 5.74) is 1.27. The van der Waals surface area contributed by atoms with Gasteiger partial charge in [0.1, 0.15) is 5.75 Å². The van der Waals surface area contributed by atoms with Crippen molar-refractivity contribution >= 4 is 29.9 Å². The molecule has 0 spiro atoms. The Hall–Kier alpha value is -1.98. The van der Waals surface area contributed by atoms with E-state index in [0.29, 0.717) is 12.5 Å². The minimum absolute atomic E-state index is 0. The zero-order valence-electron chi connectivity index (χ0n) is 17.9. The molecule has 172 valence electrons. The van der Waals surface area contributed by atoms with Gasteiger partial charge in [0.15, 0.2) is 11.7 Å². The van der Waals surface area contributed by atoms with Crippen LogP contribution in [-0.4, -0.2) is 28.9 Å². The van der Waals surface area contributed by atoms with Crippen LogP contribution < -0.4 is 15.4 Å². The number of benzene rings is 1. The Kier molecular flexibility index (Phi) is 9.01. The van der Waals surface area contributed by atoms with Crippen molar-refractivity contribution in [2.75, 3.05) is 7.05 Å².